The number of fused-ring (bicyclic) bond motifs is 10. The summed E-state index contributed by atoms with van der Waals surface area (Å²) in [5, 5.41) is 6.26. The molecule has 0 bridgehead atoms. The molecule has 1 aliphatic heterocycles. The minimum atomic E-state index is 1.13. The highest BCUT2D eigenvalue weighted by Crippen LogP contribution is 2.54. The molecule has 0 N–H and O–H groups in total. The quantitative estimate of drug-likeness (QED) is 0.181. The first-order valence-electron chi connectivity index (χ1n) is 16.5. The van der Waals surface area contributed by atoms with Gasteiger partial charge in [0.15, 0.2) is 0 Å². The molecule has 1 aromatic heterocycles. The highest BCUT2D eigenvalue weighted by Gasteiger charge is 2.31. The summed E-state index contributed by atoms with van der Waals surface area (Å²) in [4.78, 5) is 2.44. The minimum Gasteiger partial charge on any atom is -0.309 e. The molecule has 0 saturated heterocycles. The molecule has 8 aromatic carbocycles. The van der Waals surface area contributed by atoms with Gasteiger partial charge in [-0.2, -0.15) is 0 Å². The topological polar surface area (TPSA) is 8.17 Å². The van der Waals surface area contributed by atoms with Gasteiger partial charge in [-0.1, -0.05) is 146 Å². The fraction of sp³-hybridized carbons (Fsp3) is 0. The summed E-state index contributed by atoms with van der Waals surface area (Å²) in [6.07, 6.45) is 0. The average Bonchev–Trinajstić information content (AvgIpc) is 3.44. The van der Waals surface area contributed by atoms with E-state index in [1.54, 1.807) is 0 Å². The van der Waals surface area contributed by atoms with Crippen molar-refractivity contribution in [3.05, 3.63) is 182 Å². The Balaban J connectivity index is 1.31. The number of para-hydroxylation sites is 3. The lowest BCUT2D eigenvalue weighted by molar-refractivity contribution is 1.15. The molecule has 0 spiro atoms. The largest absolute Gasteiger partial charge is 0.309 e. The molecule has 1 aliphatic rings. The maximum atomic E-state index is 2.52. The van der Waals surface area contributed by atoms with E-state index >= 15 is 0 Å². The van der Waals surface area contributed by atoms with Crippen LogP contribution in [-0.2, 0) is 0 Å². The number of aromatic nitrogens is 1. The van der Waals surface area contributed by atoms with Crippen LogP contribution in [0.2, 0.25) is 0 Å². The molecule has 2 heteroatoms. The second-order valence-corrected chi connectivity index (χ2v) is 12.5. The summed E-state index contributed by atoms with van der Waals surface area (Å²) in [7, 11) is 0. The smallest absolute Gasteiger partial charge is 0.0641 e. The molecule has 9 aromatic rings. The van der Waals surface area contributed by atoms with Crippen LogP contribution in [0.3, 0.4) is 0 Å². The third-order valence-corrected chi connectivity index (χ3v) is 9.91. The molecule has 0 fully saturated rings. The standard InChI is InChI=1S/C46H30N2/c1-2-14-31(15-3-1)32-26-28-34(29-27-32)47-41-23-11-8-20-38(41)45-39-21-9-12-24-42(39)48(46(45)40-22-10-13-25-43(40)47)44-30-33-16-4-5-17-35(33)36-18-6-7-19-37(36)44/h1-30H. The maximum absolute atomic E-state index is 2.52. The molecule has 0 amide bonds. The SMILES string of the molecule is c1ccc(-c2ccc(N3c4ccccc4-c4c(n(-c5cc6ccccc6c6ccccc56)c5ccccc45)-c4ccccc43)cc2)cc1. The van der Waals surface area contributed by atoms with E-state index in [1.807, 2.05) is 0 Å². The van der Waals surface area contributed by atoms with Gasteiger partial charge in [-0.05, 0) is 63.7 Å². The van der Waals surface area contributed by atoms with Crippen molar-refractivity contribution in [1.82, 2.24) is 4.57 Å². The molecule has 0 atom stereocenters. The summed E-state index contributed by atoms with van der Waals surface area (Å²) < 4.78 is 2.52. The summed E-state index contributed by atoms with van der Waals surface area (Å²) >= 11 is 0. The van der Waals surface area contributed by atoms with Crippen LogP contribution < -0.4 is 4.90 Å². The lowest BCUT2D eigenvalue weighted by Gasteiger charge is -2.27. The van der Waals surface area contributed by atoms with Gasteiger partial charge in [-0.25, -0.2) is 0 Å². The lowest BCUT2D eigenvalue weighted by atomic mass is 9.97. The summed E-state index contributed by atoms with van der Waals surface area (Å²) in [5.74, 6) is 0. The van der Waals surface area contributed by atoms with Crippen LogP contribution in [0.1, 0.15) is 0 Å². The Morgan fingerprint density at radius 3 is 1.71 bits per heavy atom. The lowest BCUT2D eigenvalue weighted by Crippen LogP contribution is -2.11. The van der Waals surface area contributed by atoms with Crippen molar-refractivity contribution in [1.29, 1.82) is 0 Å². The zero-order valence-electron chi connectivity index (χ0n) is 26.2. The Bertz CT molecular complexity index is 2660. The molecule has 2 heterocycles. The van der Waals surface area contributed by atoms with Gasteiger partial charge >= 0.3 is 0 Å². The summed E-state index contributed by atoms with van der Waals surface area (Å²) in [6.45, 7) is 0. The fourth-order valence-electron chi connectivity index (χ4n) is 7.83. The number of anilines is 3. The van der Waals surface area contributed by atoms with Crippen molar-refractivity contribution in [3.8, 4) is 39.2 Å². The number of hydrogen-bond acceptors (Lipinski definition) is 1. The monoisotopic (exact) mass is 610 g/mol. The summed E-state index contributed by atoms with van der Waals surface area (Å²) in [5.41, 5.74) is 13.2. The van der Waals surface area contributed by atoms with Gasteiger partial charge < -0.3 is 9.47 Å². The van der Waals surface area contributed by atoms with Gasteiger partial charge in [-0.3, -0.25) is 0 Å². The Hall–Kier alpha value is -6.38. The highest BCUT2D eigenvalue weighted by molar-refractivity contribution is 6.16. The first-order valence-corrected chi connectivity index (χ1v) is 16.5. The van der Waals surface area contributed by atoms with E-state index in [0.29, 0.717) is 0 Å². The normalized spacial score (nSPS) is 12.1. The molecular weight excluding hydrogens is 581 g/mol. The van der Waals surface area contributed by atoms with Crippen molar-refractivity contribution in [3.63, 3.8) is 0 Å². The molecule has 48 heavy (non-hydrogen) atoms. The van der Waals surface area contributed by atoms with Crippen molar-refractivity contribution in [2.45, 2.75) is 0 Å². The third-order valence-electron chi connectivity index (χ3n) is 9.91. The number of rotatable bonds is 3. The van der Waals surface area contributed by atoms with E-state index in [4.69, 9.17) is 0 Å². The molecule has 0 saturated carbocycles. The van der Waals surface area contributed by atoms with Crippen LogP contribution in [0.25, 0.3) is 71.6 Å². The minimum absolute atomic E-state index is 1.13. The molecule has 10 rings (SSSR count). The van der Waals surface area contributed by atoms with E-state index in [2.05, 4.69) is 191 Å². The van der Waals surface area contributed by atoms with E-state index in [0.717, 1.165) is 11.4 Å². The predicted molar refractivity (Wildman–Crippen MR) is 203 cm³/mol. The van der Waals surface area contributed by atoms with Crippen LogP contribution in [0.5, 0.6) is 0 Å². The van der Waals surface area contributed by atoms with Gasteiger partial charge in [0.25, 0.3) is 0 Å². The highest BCUT2D eigenvalue weighted by atomic mass is 15.2. The summed E-state index contributed by atoms with van der Waals surface area (Å²) in [6, 6.07) is 66.3. The van der Waals surface area contributed by atoms with E-state index < -0.39 is 0 Å². The maximum Gasteiger partial charge on any atom is 0.0641 e. The first kappa shape index (κ1) is 26.8. The van der Waals surface area contributed by atoms with Crippen LogP contribution >= 0.6 is 0 Å². The molecule has 0 aliphatic carbocycles. The van der Waals surface area contributed by atoms with Crippen molar-refractivity contribution in [2.75, 3.05) is 4.90 Å². The predicted octanol–water partition coefficient (Wildman–Crippen LogP) is 12.7. The van der Waals surface area contributed by atoms with E-state index in [9.17, 15) is 0 Å². The number of nitrogens with zero attached hydrogens (tertiary/aromatic N) is 2. The van der Waals surface area contributed by atoms with Gasteiger partial charge in [0.1, 0.15) is 0 Å². The van der Waals surface area contributed by atoms with E-state index in [1.165, 1.54) is 77.3 Å². The van der Waals surface area contributed by atoms with Crippen LogP contribution in [0.4, 0.5) is 17.1 Å². The van der Waals surface area contributed by atoms with Gasteiger partial charge in [0.05, 0.1) is 28.3 Å². The molecule has 224 valence electrons. The van der Waals surface area contributed by atoms with Crippen LogP contribution in [-0.4, -0.2) is 4.57 Å². The van der Waals surface area contributed by atoms with Crippen molar-refractivity contribution >= 4 is 49.5 Å². The number of benzene rings is 8. The Kier molecular flexibility index (Phi) is 5.91. The second-order valence-electron chi connectivity index (χ2n) is 12.5. The Morgan fingerprint density at radius 1 is 0.354 bits per heavy atom. The van der Waals surface area contributed by atoms with Crippen LogP contribution in [0.15, 0.2) is 182 Å². The molecule has 0 radical (unpaired) electrons. The third kappa shape index (κ3) is 3.93. The fourth-order valence-corrected chi connectivity index (χ4v) is 7.83. The Morgan fingerprint density at radius 2 is 0.917 bits per heavy atom. The molecular formula is C46H30N2. The second kappa shape index (κ2) is 10.6. The zero-order valence-corrected chi connectivity index (χ0v) is 26.2. The van der Waals surface area contributed by atoms with Gasteiger partial charge in [-0.15, -0.1) is 0 Å². The average molecular weight is 611 g/mol. The van der Waals surface area contributed by atoms with Crippen molar-refractivity contribution in [2.24, 2.45) is 0 Å². The van der Waals surface area contributed by atoms with Crippen molar-refractivity contribution < 1.29 is 0 Å². The number of hydrogen-bond donors (Lipinski definition) is 0. The van der Waals surface area contributed by atoms with E-state index in [-0.39, 0.29) is 0 Å². The first-order chi connectivity index (χ1) is 23.8. The molecule has 0 unspecified atom stereocenters. The zero-order chi connectivity index (χ0) is 31.6. The molecule has 2 nitrogen and oxygen atoms in total. The Labute approximate surface area is 279 Å². The van der Waals surface area contributed by atoms with Gasteiger partial charge in [0.2, 0.25) is 0 Å². The van der Waals surface area contributed by atoms with Gasteiger partial charge in [0, 0.05) is 33.2 Å². The van der Waals surface area contributed by atoms with Crippen LogP contribution in [0, 0.1) is 0 Å².